The smallest absolute Gasteiger partial charge is 0.297 e. The molecule has 6 heteroatoms. The molecule has 3 heterocycles. The lowest BCUT2D eigenvalue weighted by atomic mass is 9.94. The van der Waals surface area contributed by atoms with Crippen LogP contribution in [0.3, 0.4) is 0 Å². The van der Waals surface area contributed by atoms with Gasteiger partial charge in [0.25, 0.3) is 6.01 Å². The number of piperazine rings is 1. The minimum Gasteiger partial charge on any atom is -0.423 e. The lowest BCUT2D eigenvalue weighted by Crippen LogP contribution is -2.51. The van der Waals surface area contributed by atoms with Crippen molar-refractivity contribution in [2.24, 2.45) is 5.41 Å². The summed E-state index contributed by atoms with van der Waals surface area (Å²) in [6.45, 7) is 8.72. The fourth-order valence-electron chi connectivity index (χ4n) is 2.63. The average Bonchev–Trinajstić information content (AvgIpc) is 3.04. The van der Waals surface area contributed by atoms with E-state index in [1.807, 2.05) is 37.8 Å². The van der Waals surface area contributed by atoms with Gasteiger partial charge in [-0.05, 0) is 12.1 Å². The van der Waals surface area contributed by atoms with Gasteiger partial charge in [-0.1, -0.05) is 20.8 Å². The molecule has 1 amide bonds. The molecule has 122 valence electrons. The van der Waals surface area contributed by atoms with E-state index in [1.165, 1.54) is 0 Å². The Hall–Kier alpha value is -2.37. The lowest BCUT2D eigenvalue weighted by molar-refractivity contribution is -0.139. The fraction of sp³-hybridized carbons (Fsp3) is 0.471. The molecule has 0 atom stereocenters. The second-order valence-electron chi connectivity index (χ2n) is 6.78. The SMILES string of the molecule is CC(C)(C)C(=O)N1CCN(c2ncc(-c3cccnc3)o2)CC1. The van der Waals surface area contributed by atoms with Crippen LogP contribution in [-0.2, 0) is 4.79 Å². The second-order valence-corrected chi connectivity index (χ2v) is 6.78. The first-order valence-corrected chi connectivity index (χ1v) is 7.86. The number of anilines is 1. The van der Waals surface area contributed by atoms with Crippen LogP contribution in [0.2, 0.25) is 0 Å². The quantitative estimate of drug-likeness (QED) is 0.852. The molecule has 0 bridgehead atoms. The molecule has 0 unspecified atom stereocenters. The van der Waals surface area contributed by atoms with Crippen molar-refractivity contribution in [1.29, 1.82) is 0 Å². The highest BCUT2D eigenvalue weighted by Crippen LogP contribution is 2.25. The van der Waals surface area contributed by atoms with Crippen molar-refractivity contribution in [3.05, 3.63) is 30.7 Å². The van der Waals surface area contributed by atoms with Gasteiger partial charge in [0.15, 0.2) is 5.76 Å². The van der Waals surface area contributed by atoms with Crippen LogP contribution < -0.4 is 4.90 Å². The number of amides is 1. The molecule has 1 aliphatic rings. The molecule has 2 aromatic rings. The van der Waals surface area contributed by atoms with Crippen molar-refractivity contribution in [3.63, 3.8) is 0 Å². The van der Waals surface area contributed by atoms with E-state index >= 15 is 0 Å². The van der Waals surface area contributed by atoms with E-state index in [9.17, 15) is 4.79 Å². The molecule has 0 aliphatic carbocycles. The normalized spacial score (nSPS) is 15.8. The monoisotopic (exact) mass is 314 g/mol. The Morgan fingerprint density at radius 3 is 2.52 bits per heavy atom. The molecule has 0 N–H and O–H groups in total. The van der Waals surface area contributed by atoms with Gasteiger partial charge in [-0.25, -0.2) is 4.98 Å². The van der Waals surface area contributed by atoms with Gasteiger partial charge in [-0.15, -0.1) is 0 Å². The molecule has 0 aromatic carbocycles. The number of rotatable bonds is 2. The summed E-state index contributed by atoms with van der Waals surface area (Å²) in [5.74, 6) is 0.905. The molecule has 0 saturated carbocycles. The number of pyridine rings is 1. The van der Waals surface area contributed by atoms with E-state index in [0.29, 0.717) is 24.9 Å². The van der Waals surface area contributed by atoms with Gasteiger partial charge in [0.1, 0.15) is 0 Å². The molecular weight excluding hydrogens is 292 g/mol. The minimum absolute atomic E-state index is 0.195. The largest absolute Gasteiger partial charge is 0.423 e. The third-order valence-corrected chi connectivity index (χ3v) is 3.92. The van der Waals surface area contributed by atoms with Crippen molar-refractivity contribution in [2.45, 2.75) is 20.8 Å². The molecular formula is C17H22N4O2. The van der Waals surface area contributed by atoms with E-state index in [1.54, 1.807) is 18.6 Å². The van der Waals surface area contributed by atoms with Gasteiger partial charge in [0.05, 0.1) is 6.20 Å². The summed E-state index contributed by atoms with van der Waals surface area (Å²) in [5.41, 5.74) is 0.575. The Bertz CT molecular complexity index is 667. The Kier molecular flexibility index (Phi) is 4.07. The lowest BCUT2D eigenvalue weighted by Gasteiger charge is -2.37. The van der Waals surface area contributed by atoms with Crippen LogP contribution in [0.25, 0.3) is 11.3 Å². The van der Waals surface area contributed by atoms with Crippen LogP contribution >= 0.6 is 0 Å². The number of hydrogen-bond donors (Lipinski definition) is 0. The predicted octanol–water partition coefficient (Wildman–Crippen LogP) is 2.43. The molecule has 1 saturated heterocycles. The molecule has 0 radical (unpaired) electrons. The van der Waals surface area contributed by atoms with Gasteiger partial charge in [0.2, 0.25) is 5.91 Å². The number of hydrogen-bond acceptors (Lipinski definition) is 5. The van der Waals surface area contributed by atoms with E-state index in [4.69, 9.17) is 4.42 Å². The van der Waals surface area contributed by atoms with Crippen molar-refractivity contribution < 1.29 is 9.21 Å². The molecule has 23 heavy (non-hydrogen) atoms. The summed E-state index contributed by atoms with van der Waals surface area (Å²) in [7, 11) is 0. The highest BCUT2D eigenvalue weighted by molar-refractivity contribution is 5.81. The first kappa shape index (κ1) is 15.5. The summed E-state index contributed by atoms with van der Waals surface area (Å²) in [4.78, 5) is 24.8. The number of nitrogens with zero attached hydrogens (tertiary/aromatic N) is 4. The maximum Gasteiger partial charge on any atom is 0.297 e. The summed E-state index contributed by atoms with van der Waals surface area (Å²) < 4.78 is 5.84. The molecule has 3 rings (SSSR count). The minimum atomic E-state index is -0.335. The van der Waals surface area contributed by atoms with Gasteiger partial charge in [-0.3, -0.25) is 9.78 Å². The van der Waals surface area contributed by atoms with Crippen LogP contribution in [0.1, 0.15) is 20.8 Å². The number of aromatic nitrogens is 2. The fourth-order valence-corrected chi connectivity index (χ4v) is 2.63. The number of carbonyl (C=O) groups excluding carboxylic acids is 1. The first-order valence-electron chi connectivity index (χ1n) is 7.86. The number of carbonyl (C=O) groups is 1. The molecule has 1 aliphatic heterocycles. The molecule has 2 aromatic heterocycles. The average molecular weight is 314 g/mol. The van der Waals surface area contributed by atoms with Crippen molar-refractivity contribution in [3.8, 4) is 11.3 Å². The third kappa shape index (κ3) is 3.36. The summed E-state index contributed by atoms with van der Waals surface area (Å²) in [6.07, 6.45) is 5.20. The Morgan fingerprint density at radius 1 is 1.17 bits per heavy atom. The summed E-state index contributed by atoms with van der Waals surface area (Å²) in [5, 5.41) is 0. The molecule has 1 fully saturated rings. The van der Waals surface area contributed by atoms with Crippen molar-refractivity contribution >= 4 is 11.9 Å². The van der Waals surface area contributed by atoms with Crippen LogP contribution in [0, 0.1) is 5.41 Å². The predicted molar refractivity (Wildman–Crippen MR) is 88.0 cm³/mol. The standard InChI is InChI=1S/C17H22N4O2/c1-17(2,3)15(22)20-7-9-21(10-8-20)16-19-12-14(23-16)13-5-4-6-18-11-13/h4-6,11-12H,7-10H2,1-3H3. The molecule has 0 spiro atoms. The zero-order chi connectivity index (χ0) is 16.4. The van der Waals surface area contributed by atoms with Crippen LogP contribution in [0.4, 0.5) is 6.01 Å². The van der Waals surface area contributed by atoms with E-state index in [-0.39, 0.29) is 11.3 Å². The van der Waals surface area contributed by atoms with Crippen molar-refractivity contribution in [2.75, 3.05) is 31.1 Å². The number of oxazole rings is 1. The van der Waals surface area contributed by atoms with Gasteiger partial charge in [-0.2, -0.15) is 0 Å². The van der Waals surface area contributed by atoms with Crippen LogP contribution in [-0.4, -0.2) is 47.0 Å². The van der Waals surface area contributed by atoms with Gasteiger partial charge >= 0.3 is 0 Å². The maximum absolute atomic E-state index is 12.3. The molecule has 6 nitrogen and oxygen atoms in total. The van der Waals surface area contributed by atoms with E-state index < -0.39 is 0 Å². The van der Waals surface area contributed by atoms with Crippen LogP contribution in [0.5, 0.6) is 0 Å². The zero-order valence-corrected chi connectivity index (χ0v) is 13.8. The van der Waals surface area contributed by atoms with Crippen LogP contribution in [0.15, 0.2) is 35.1 Å². The van der Waals surface area contributed by atoms with E-state index in [0.717, 1.165) is 18.7 Å². The highest BCUT2D eigenvalue weighted by Gasteiger charge is 2.30. The Morgan fingerprint density at radius 2 is 1.91 bits per heavy atom. The van der Waals surface area contributed by atoms with E-state index in [2.05, 4.69) is 14.9 Å². The summed E-state index contributed by atoms with van der Waals surface area (Å²) >= 11 is 0. The maximum atomic E-state index is 12.3. The van der Waals surface area contributed by atoms with Gasteiger partial charge < -0.3 is 14.2 Å². The third-order valence-electron chi connectivity index (χ3n) is 3.92. The second kappa shape index (κ2) is 6.02. The topological polar surface area (TPSA) is 62.5 Å². The Labute approximate surface area is 136 Å². The van der Waals surface area contributed by atoms with Crippen molar-refractivity contribution in [1.82, 2.24) is 14.9 Å². The first-order chi connectivity index (χ1) is 10.9. The van der Waals surface area contributed by atoms with Gasteiger partial charge in [0, 0.05) is 49.6 Å². The summed E-state index contributed by atoms with van der Waals surface area (Å²) in [6, 6.07) is 4.41. The highest BCUT2D eigenvalue weighted by atomic mass is 16.4. The zero-order valence-electron chi connectivity index (χ0n) is 13.8. The Balaban J connectivity index is 1.65.